The molecular weight excluding hydrogens is 234 g/mol. The second kappa shape index (κ2) is 5.04. The van der Waals surface area contributed by atoms with E-state index < -0.39 is 5.79 Å². The molecule has 0 saturated heterocycles. The average molecular weight is 253 g/mol. The van der Waals surface area contributed by atoms with Gasteiger partial charge >= 0.3 is 0 Å². The van der Waals surface area contributed by atoms with Gasteiger partial charge in [0.1, 0.15) is 0 Å². The molecule has 1 N–H and O–H groups in total. The Balaban J connectivity index is 2.01. The summed E-state index contributed by atoms with van der Waals surface area (Å²) in [6.07, 6.45) is -0.271. The first-order valence-corrected chi connectivity index (χ1v) is 5.85. The summed E-state index contributed by atoms with van der Waals surface area (Å²) in [5.41, 5.74) is 0.939. The first kappa shape index (κ1) is 13.0. The van der Waals surface area contributed by atoms with Crippen LogP contribution in [0.2, 0.25) is 0 Å². The van der Waals surface area contributed by atoms with Crippen molar-refractivity contribution >= 4 is 5.69 Å². The monoisotopic (exact) mass is 253 g/mol. The van der Waals surface area contributed by atoms with Gasteiger partial charge < -0.3 is 24.3 Å². The van der Waals surface area contributed by atoms with Crippen LogP contribution in [-0.4, -0.2) is 32.8 Å². The SMILES string of the molecule is COC(CNc1ccc2c(c1)OC(C)(C)O2)OC. The zero-order valence-electron chi connectivity index (χ0n) is 11.1. The molecule has 1 aromatic carbocycles. The van der Waals surface area contributed by atoms with Gasteiger partial charge in [-0.15, -0.1) is 0 Å². The highest BCUT2D eigenvalue weighted by molar-refractivity contribution is 5.56. The van der Waals surface area contributed by atoms with Crippen LogP contribution in [0.3, 0.4) is 0 Å². The fourth-order valence-corrected chi connectivity index (χ4v) is 1.80. The summed E-state index contributed by atoms with van der Waals surface area (Å²) >= 11 is 0. The summed E-state index contributed by atoms with van der Waals surface area (Å²) in [5.74, 6) is 0.916. The summed E-state index contributed by atoms with van der Waals surface area (Å²) in [6, 6.07) is 5.74. The molecule has 1 heterocycles. The zero-order valence-corrected chi connectivity index (χ0v) is 11.1. The van der Waals surface area contributed by atoms with Crippen molar-refractivity contribution in [3.05, 3.63) is 18.2 Å². The predicted octanol–water partition coefficient (Wildman–Crippen LogP) is 2.22. The Morgan fingerprint density at radius 3 is 2.50 bits per heavy atom. The van der Waals surface area contributed by atoms with Crippen molar-refractivity contribution in [2.45, 2.75) is 25.9 Å². The van der Waals surface area contributed by atoms with Crippen LogP contribution in [0.15, 0.2) is 18.2 Å². The number of hydrogen-bond donors (Lipinski definition) is 1. The quantitative estimate of drug-likeness (QED) is 0.815. The van der Waals surface area contributed by atoms with E-state index in [9.17, 15) is 0 Å². The first-order valence-electron chi connectivity index (χ1n) is 5.85. The van der Waals surface area contributed by atoms with Gasteiger partial charge in [-0.3, -0.25) is 0 Å². The number of anilines is 1. The smallest absolute Gasteiger partial charge is 0.246 e. The third-order valence-corrected chi connectivity index (χ3v) is 2.65. The van der Waals surface area contributed by atoms with Gasteiger partial charge in [-0.25, -0.2) is 0 Å². The lowest BCUT2D eigenvalue weighted by atomic mass is 10.3. The fraction of sp³-hybridized carbons (Fsp3) is 0.538. The lowest BCUT2D eigenvalue weighted by Gasteiger charge is -2.16. The number of benzene rings is 1. The maximum Gasteiger partial charge on any atom is 0.246 e. The maximum atomic E-state index is 5.67. The van der Waals surface area contributed by atoms with E-state index in [0.29, 0.717) is 6.54 Å². The lowest BCUT2D eigenvalue weighted by Crippen LogP contribution is -2.29. The minimum atomic E-state index is -0.595. The van der Waals surface area contributed by atoms with Crippen molar-refractivity contribution < 1.29 is 18.9 Å². The van der Waals surface area contributed by atoms with Crippen molar-refractivity contribution in [3.8, 4) is 11.5 Å². The van der Waals surface area contributed by atoms with Crippen molar-refractivity contribution in [2.24, 2.45) is 0 Å². The molecule has 0 aliphatic carbocycles. The Labute approximate surface area is 107 Å². The molecule has 5 heteroatoms. The van der Waals surface area contributed by atoms with Gasteiger partial charge in [-0.05, 0) is 12.1 Å². The average Bonchev–Trinajstić information content (AvgIpc) is 2.63. The van der Waals surface area contributed by atoms with E-state index in [-0.39, 0.29) is 6.29 Å². The number of hydrogen-bond acceptors (Lipinski definition) is 5. The van der Waals surface area contributed by atoms with Crippen molar-refractivity contribution in [1.82, 2.24) is 0 Å². The molecule has 0 bridgehead atoms. The van der Waals surface area contributed by atoms with Gasteiger partial charge in [0.15, 0.2) is 17.8 Å². The van der Waals surface area contributed by atoms with E-state index in [0.717, 1.165) is 17.2 Å². The highest BCUT2D eigenvalue weighted by atomic mass is 16.7. The van der Waals surface area contributed by atoms with E-state index >= 15 is 0 Å². The Kier molecular flexibility index (Phi) is 3.63. The molecule has 0 spiro atoms. The molecular formula is C13H19NO4. The molecule has 0 unspecified atom stereocenters. The Hall–Kier alpha value is -1.46. The van der Waals surface area contributed by atoms with Crippen LogP contribution in [0.1, 0.15) is 13.8 Å². The zero-order chi connectivity index (χ0) is 13.2. The van der Waals surface area contributed by atoms with Gasteiger partial charge in [-0.2, -0.15) is 0 Å². The number of ether oxygens (including phenoxy) is 4. The van der Waals surface area contributed by atoms with Gasteiger partial charge in [0, 0.05) is 39.8 Å². The van der Waals surface area contributed by atoms with Gasteiger partial charge in [0.2, 0.25) is 5.79 Å². The van der Waals surface area contributed by atoms with Gasteiger partial charge in [0.25, 0.3) is 0 Å². The Bertz CT molecular complexity index is 415. The van der Waals surface area contributed by atoms with Gasteiger partial charge in [-0.1, -0.05) is 0 Å². The number of nitrogens with one attached hydrogen (secondary N) is 1. The molecule has 5 nitrogen and oxygen atoms in total. The molecule has 0 atom stereocenters. The van der Waals surface area contributed by atoms with Gasteiger partial charge in [0.05, 0.1) is 6.54 Å². The molecule has 0 amide bonds. The molecule has 0 radical (unpaired) electrons. The topological polar surface area (TPSA) is 49.0 Å². The van der Waals surface area contributed by atoms with Crippen LogP contribution in [0.5, 0.6) is 11.5 Å². The highest BCUT2D eigenvalue weighted by Gasteiger charge is 2.31. The van der Waals surface area contributed by atoms with Crippen LogP contribution in [0.25, 0.3) is 0 Å². The van der Waals surface area contributed by atoms with Crippen LogP contribution in [0.4, 0.5) is 5.69 Å². The minimum Gasteiger partial charge on any atom is -0.449 e. The van der Waals surface area contributed by atoms with Crippen molar-refractivity contribution in [2.75, 3.05) is 26.1 Å². The first-order chi connectivity index (χ1) is 8.54. The number of rotatable bonds is 5. The normalized spacial score (nSPS) is 16.1. The van der Waals surface area contributed by atoms with Crippen molar-refractivity contribution in [3.63, 3.8) is 0 Å². The van der Waals surface area contributed by atoms with E-state index in [1.807, 2.05) is 32.0 Å². The van der Waals surface area contributed by atoms with E-state index in [1.165, 1.54) is 0 Å². The Morgan fingerprint density at radius 2 is 1.83 bits per heavy atom. The number of fused-ring (bicyclic) bond motifs is 1. The molecule has 1 aliphatic rings. The maximum absolute atomic E-state index is 5.67. The van der Waals surface area contributed by atoms with Crippen LogP contribution in [0, 0.1) is 0 Å². The molecule has 1 aromatic rings. The third-order valence-electron chi connectivity index (χ3n) is 2.65. The molecule has 0 saturated carbocycles. The summed E-state index contributed by atoms with van der Waals surface area (Å²) in [5, 5.41) is 3.22. The lowest BCUT2D eigenvalue weighted by molar-refractivity contribution is -0.0914. The Morgan fingerprint density at radius 1 is 1.17 bits per heavy atom. The summed E-state index contributed by atoms with van der Waals surface area (Å²) < 4.78 is 21.5. The van der Waals surface area contributed by atoms with Crippen LogP contribution < -0.4 is 14.8 Å². The minimum absolute atomic E-state index is 0.271. The summed E-state index contributed by atoms with van der Waals surface area (Å²) in [7, 11) is 3.22. The van der Waals surface area contributed by atoms with Crippen LogP contribution in [-0.2, 0) is 9.47 Å². The second-order valence-electron chi connectivity index (χ2n) is 4.55. The molecule has 0 aromatic heterocycles. The van der Waals surface area contributed by atoms with E-state index in [4.69, 9.17) is 18.9 Å². The summed E-state index contributed by atoms with van der Waals surface area (Å²) in [4.78, 5) is 0. The largest absolute Gasteiger partial charge is 0.449 e. The molecule has 0 fully saturated rings. The predicted molar refractivity (Wildman–Crippen MR) is 68.1 cm³/mol. The summed E-state index contributed by atoms with van der Waals surface area (Å²) in [6.45, 7) is 4.33. The third kappa shape index (κ3) is 2.86. The molecule has 100 valence electrons. The highest BCUT2D eigenvalue weighted by Crippen LogP contribution is 2.40. The van der Waals surface area contributed by atoms with Crippen LogP contribution >= 0.6 is 0 Å². The second-order valence-corrected chi connectivity index (χ2v) is 4.55. The van der Waals surface area contributed by atoms with E-state index in [2.05, 4.69) is 5.32 Å². The molecule has 2 rings (SSSR count). The van der Waals surface area contributed by atoms with Crippen molar-refractivity contribution in [1.29, 1.82) is 0 Å². The molecule has 1 aliphatic heterocycles. The number of methoxy groups -OCH3 is 2. The standard InChI is InChI=1S/C13H19NO4/c1-13(2)17-10-6-5-9(7-11(10)18-13)14-8-12(15-3)16-4/h5-7,12,14H,8H2,1-4H3. The fourth-order valence-electron chi connectivity index (χ4n) is 1.80. The van der Waals surface area contributed by atoms with E-state index in [1.54, 1.807) is 14.2 Å². The molecule has 18 heavy (non-hydrogen) atoms.